The quantitative estimate of drug-likeness (QED) is 0.0563. The van der Waals surface area contributed by atoms with Crippen LogP contribution in [-0.4, -0.2) is 124 Å². The molecule has 15 nitrogen and oxygen atoms in total. The number of halogens is 6. The molecule has 0 unspecified atom stereocenters. The highest BCUT2D eigenvalue weighted by atomic mass is 19.3. The number of hydrogen-bond donors (Lipinski definition) is 1. The maximum atomic E-state index is 15.3. The zero-order valence-corrected chi connectivity index (χ0v) is 56.5. The van der Waals surface area contributed by atoms with Crippen molar-refractivity contribution in [2.24, 2.45) is 0 Å². The van der Waals surface area contributed by atoms with E-state index in [-0.39, 0.29) is 53.3 Å². The van der Waals surface area contributed by atoms with Gasteiger partial charge in [0.2, 0.25) is 11.8 Å². The summed E-state index contributed by atoms with van der Waals surface area (Å²) >= 11 is 0. The summed E-state index contributed by atoms with van der Waals surface area (Å²) in [4.78, 5) is 41.9. The molecule has 0 amide bonds. The van der Waals surface area contributed by atoms with Gasteiger partial charge in [0.15, 0.2) is 11.2 Å². The first kappa shape index (κ1) is 70.5. The van der Waals surface area contributed by atoms with Gasteiger partial charge in [-0.1, -0.05) is 84.9 Å². The number of carboxylic acids is 1. The molecule has 0 bridgehead atoms. The largest absolute Gasteiger partial charge is 0.480 e. The normalized spacial score (nSPS) is 16.8. The van der Waals surface area contributed by atoms with Crippen LogP contribution in [0.4, 0.5) is 26.3 Å². The Balaban J connectivity index is 0.000000188. The summed E-state index contributed by atoms with van der Waals surface area (Å²) < 4.78 is 112. The number of carboxylic acid groups (broad SMARTS) is 1. The van der Waals surface area contributed by atoms with Gasteiger partial charge >= 0.3 is 25.2 Å². The standard InChI is InChI=1S/C40H40F3N3O4.C39H38F3N3O4.H2O/c1-24-29(26-14-15-27(33(41)19-26)22-45-16-4-5-17-45)9-6-10-30(24)31-11-7-12-32(25(31)2)38-44-34-20-28(36(50-40(42)43)21-37(34)49-38)23-46-18-8-13-35(46)39(47)48-3;1-23-28(25-13-14-26(32(40)18-25)21-44-15-3-4-16-44)8-5-9-29(23)30-10-6-11-31(24(30)2)37-43-33-19-27(22-45-17-7-12-34(45)38(46)47)35(49-39(41)42)20-36(33)48-37;/h6-7,9-12,14-15,19-21,35,40H,4-5,8,13,16-18,22-23H2,1-3H3;5-6,8-11,13-14,18-20,34,39H,3-4,7,12,15-17,21-22H2,1-2H3,(H,46,47);1H2/t35-;34-;/m00./s1. The van der Waals surface area contributed by atoms with Gasteiger partial charge in [0.1, 0.15) is 46.3 Å². The fourth-order valence-electron chi connectivity index (χ4n) is 14.9. The van der Waals surface area contributed by atoms with Crippen LogP contribution in [0.5, 0.6) is 11.5 Å². The molecular formula is C79H80F6N6O9. The van der Waals surface area contributed by atoms with E-state index in [0.29, 0.717) is 96.1 Å². The van der Waals surface area contributed by atoms with Gasteiger partial charge in [-0.05, 0) is 221 Å². The summed E-state index contributed by atoms with van der Waals surface area (Å²) in [7, 11) is 1.34. The van der Waals surface area contributed by atoms with Crippen molar-refractivity contribution in [1.82, 2.24) is 29.6 Å². The highest BCUT2D eigenvalue weighted by Crippen LogP contribution is 2.42. The minimum absolute atomic E-state index is 0. The van der Waals surface area contributed by atoms with Crippen LogP contribution in [0.15, 0.2) is 142 Å². The first-order valence-corrected chi connectivity index (χ1v) is 33.8. The average molecular weight is 1370 g/mol. The van der Waals surface area contributed by atoms with Crippen LogP contribution in [0.3, 0.4) is 0 Å². The molecule has 0 saturated carbocycles. The Morgan fingerprint density at radius 2 is 0.850 bits per heavy atom. The predicted molar refractivity (Wildman–Crippen MR) is 372 cm³/mol. The van der Waals surface area contributed by atoms with E-state index in [1.165, 1.54) is 19.2 Å². The van der Waals surface area contributed by atoms with Gasteiger partial charge in [-0.25, -0.2) is 18.7 Å². The second-order valence-electron chi connectivity index (χ2n) is 26.3. The SMILES string of the molecule is COC(=O)[C@@H]1CCCN1Cc1cc2nc(-c3cccc(-c4cccc(-c5ccc(CN6CCCC6)c(F)c5)c4C)c3C)oc2cc1OC(F)F.Cc1c(-c2ccc(CN3CCCC3)c(F)c2)cccc1-c1cccc(-c2nc3cc(CN4CCC[C@H]4C(=O)O)c(OC(F)F)cc3o2)c1C.O. The third-order valence-corrected chi connectivity index (χ3v) is 20.1. The third-order valence-electron chi connectivity index (χ3n) is 20.1. The lowest BCUT2D eigenvalue weighted by molar-refractivity contribution is -0.146. The topological polar surface area (TPSA) is 179 Å². The van der Waals surface area contributed by atoms with E-state index in [1.54, 1.807) is 29.2 Å². The van der Waals surface area contributed by atoms with Crippen molar-refractivity contribution in [3.8, 4) is 78.9 Å². The van der Waals surface area contributed by atoms with Crippen molar-refractivity contribution in [3.63, 3.8) is 0 Å². The molecule has 522 valence electrons. The van der Waals surface area contributed by atoms with E-state index in [1.807, 2.05) is 124 Å². The molecule has 10 aromatic rings. The van der Waals surface area contributed by atoms with E-state index in [4.69, 9.17) is 33.0 Å². The molecule has 4 saturated heterocycles. The Hall–Kier alpha value is -9.38. The number of carbonyl (C=O) groups excluding carboxylic acids is 1. The number of oxazole rings is 2. The maximum absolute atomic E-state index is 15.3. The summed E-state index contributed by atoms with van der Waals surface area (Å²) in [5.41, 5.74) is 16.7. The predicted octanol–water partition coefficient (Wildman–Crippen LogP) is 16.9. The number of nitrogens with zero attached hydrogens (tertiary/aromatic N) is 6. The van der Waals surface area contributed by atoms with Crippen LogP contribution >= 0.6 is 0 Å². The number of aromatic nitrogens is 2. The Morgan fingerprint density at radius 1 is 0.480 bits per heavy atom. The second kappa shape index (κ2) is 30.6. The van der Waals surface area contributed by atoms with Crippen molar-refractivity contribution in [2.45, 2.75) is 131 Å². The van der Waals surface area contributed by atoms with E-state index >= 15 is 8.78 Å². The van der Waals surface area contributed by atoms with E-state index < -0.39 is 31.3 Å². The fraction of sp³-hybridized carbons (Fsp3) is 0.342. The molecule has 2 aromatic heterocycles. The molecule has 6 heterocycles. The number of benzene rings is 8. The lowest BCUT2D eigenvalue weighted by atomic mass is 9.89. The zero-order chi connectivity index (χ0) is 69.2. The number of methoxy groups -OCH3 is 1. The molecule has 2 atom stereocenters. The first-order valence-electron chi connectivity index (χ1n) is 33.8. The van der Waals surface area contributed by atoms with Crippen molar-refractivity contribution >= 4 is 34.1 Å². The average Bonchev–Trinajstić information content (AvgIpc) is 1.52. The minimum Gasteiger partial charge on any atom is -0.480 e. The Kier molecular flexibility index (Phi) is 21.6. The van der Waals surface area contributed by atoms with Gasteiger partial charge < -0.3 is 33.6 Å². The number of esters is 1. The summed E-state index contributed by atoms with van der Waals surface area (Å²) in [6, 6.07) is 39.9. The lowest BCUT2D eigenvalue weighted by Gasteiger charge is -2.23. The van der Waals surface area contributed by atoms with Crippen LogP contribution < -0.4 is 9.47 Å². The summed E-state index contributed by atoms with van der Waals surface area (Å²) in [6.45, 7) is 8.76. The summed E-state index contributed by atoms with van der Waals surface area (Å²) in [5, 5.41) is 9.63. The number of alkyl halides is 4. The first-order chi connectivity index (χ1) is 47.8. The number of fused-ring (bicyclic) bond motifs is 2. The number of hydrogen-bond acceptors (Lipinski definition) is 13. The van der Waals surface area contributed by atoms with Gasteiger partial charge in [-0.15, -0.1) is 0 Å². The fourth-order valence-corrected chi connectivity index (χ4v) is 14.9. The van der Waals surface area contributed by atoms with Crippen LogP contribution in [0.25, 0.3) is 89.6 Å². The van der Waals surface area contributed by atoms with Crippen molar-refractivity contribution in [3.05, 3.63) is 190 Å². The van der Waals surface area contributed by atoms with Gasteiger partial charge in [-0.3, -0.25) is 29.2 Å². The summed E-state index contributed by atoms with van der Waals surface area (Å²) in [5.74, 6) is -1.10. The molecule has 4 aliphatic heterocycles. The van der Waals surface area contributed by atoms with Crippen LogP contribution in [0, 0.1) is 39.3 Å². The lowest BCUT2D eigenvalue weighted by Crippen LogP contribution is -2.36. The van der Waals surface area contributed by atoms with Crippen molar-refractivity contribution < 1.29 is 69.6 Å². The molecule has 14 rings (SSSR count). The number of rotatable bonds is 20. The van der Waals surface area contributed by atoms with Gasteiger partial charge in [-0.2, -0.15) is 17.6 Å². The number of carbonyl (C=O) groups is 2. The van der Waals surface area contributed by atoms with Crippen LogP contribution in [0.1, 0.15) is 95.9 Å². The molecule has 0 spiro atoms. The van der Waals surface area contributed by atoms with E-state index in [2.05, 4.69) is 15.9 Å². The number of ether oxygens (including phenoxy) is 3. The van der Waals surface area contributed by atoms with Crippen LogP contribution in [-0.2, 0) is 40.5 Å². The smallest absolute Gasteiger partial charge is 0.387 e. The number of aliphatic carboxylic acids is 1. The van der Waals surface area contributed by atoms with Crippen molar-refractivity contribution in [1.29, 1.82) is 0 Å². The Morgan fingerprint density at radius 3 is 1.23 bits per heavy atom. The second-order valence-corrected chi connectivity index (χ2v) is 26.3. The Labute approximate surface area is 576 Å². The van der Waals surface area contributed by atoms with Gasteiger partial charge in [0.05, 0.1) is 7.11 Å². The monoisotopic (exact) mass is 1370 g/mol. The highest BCUT2D eigenvalue weighted by Gasteiger charge is 2.34. The third kappa shape index (κ3) is 15.0. The van der Waals surface area contributed by atoms with Crippen molar-refractivity contribution in [2.75, 3.05) is 46.4 Å². The van der Waals surface area contributed by atoms with Gasteiger partial charge in [0.25, 0.3) is 0 Å². The van der Waals surface area contributed by atoms with E-state index in [0.717, 1.165) is 136 Å². The highest BCUT2D eigenvalue weighted by molar-refractivity contribution is 5.87. The molecule has 4 fully saturated rings. The molecule has 0 aliphatic carbocycles. The maximum Gasteiger partial charge on any atom is 0.387 e. The van der Waals surface area contributed by atoms with E-state index in [9.17, 15) is 32.3 Å². The van der Waals surface area contributed by atoms with Gasteiger partial charge in [0, 0.05) is 71.7 Å². The molecule has 8 aromatic carbocycles. The molecular weight excluding hydrogens is 1290 g/mol. The molecule has 4 aliphatic rings. The Bertz CT molecular complexity index is 4640. The number of likely N-dealkylation sites (tertiary alicyclic amines) is 4. The summed E-state index contributed by atoms with van der Waals surface area (Å²) in [6.07, 6.45) is 7.27. The zero-order valence-electron chi connectivity index (χ0n) is 56.5. The molecule has 3 N–H and O–H groups in total. The molecule has 21 heteroatoms. The van der Waals surface area contributed by atoms with Crippen LogP contribution in [0.2, 0.25) is 0 Å². The molecule has 0 radical (unpaired) electrons. The minimum atomic E-state index is -3.06. The molecule has 100 heavy (non-hydrogen) atoms.